The van der Waals surface area contributed by atoms with Crippen LogP contribution in [0.1, 0.15) is 0 Å². The monoisotopic (exact) mass is 392 g/mol. The number of nitro groups is 2. The zero-order valence-corrected chi connectivity index (χ0v) is 11.7. The molecule has 16 heavy (non-hydrogen) atoms. The van der Waals surface area contributed by atoms with Gasteiger partial charge in [0, 0.05) is 0 Å². The molecule has 0 spiro atoms. The van der Waals surface area contributed by atoms with Crippen molar-refractivity contribution in [3.8, 4) is 0 Å². The van der Waals surface area contributed by atoms with Crippen molar-refractivity contribution in [2.24, 2.45) is 0 Å². The lowest BCUT2D eigenvalue weighted by Gasteiger charge is -2.04. The average Bonchev–Trinajstić information content (AvgIpc) is 2.18. The van der Waals surface area contributed by atoms with Gasteiger partial charge in [0.15, 0.2) is 0 Å². The van der Waals surface area contributed by atoms with Crippen molar-refractivity contribution in [1.82, 2.24) is 0 Å². The van der Waals surface area contributed by atoms with Gasteiger partial charge in [0.2, 0.25) is 0 Å². The number of rotatable bonds is 2. The van der Waals surface area contributed by atoms with E-state index in [4.69, 9.17) is 23.2 Å². The highest BCUT2D eigenvalue weighted by Crippen LogP contribution is 2.49. The summed E-state index contributed by atoms with van der Waals surface area (Å²) < 4.78 is -0.446. The molecule has 0 saturated heterocycles. The number of halogens is 4. The smallest absolute Gasteiger partial charge is 0.258 e. The molecule has 1 rings (SSSR count). The Morgan fingerprint density at radius 1 is 0.875 bits per heavy atom. The molecule has 0 aliphatic rings. The molecule has 1 aromatic carbocycles. The Morgan fingerprint density at radius 2 is 1.12 bits per heavy atom. The van der Waals surface area contributed by atoms with Crippen LogP contribution in [0.15, 0.2) is 8.95 Å². The molecule has 0 unspecified atom stereocenters. The molecular weight excluding hydrogens is 395 g/mol. The van der Waals surface area contributed by atoms with Crippen LogP contribution in [-0.2, 0) is 0 Å². The van der Waals surface area contributed by atoms with Crippen LogP contribution in [-0.4, -0.2) is 9.85 Å². The Hall–Kier alpha value is -0.440. The molecule has 0 aromatic heterocycles. The van der Waals surface area contributed by atoms with Crippen LogP contribution >= 0.6 is 55.1 Å². The van der Waals surface area contributed by atoms with Gasteiger partial charge in [-0.25, -0.2) is 0 Å². The summed E-state index contributed by atoms with van der Waals surface area (Å²) in [6.07, 6.45) is 0. The minimum atomic E-state index is -0.908. The highest BCUT2D eigenvalue weighted by molar-refractivity contribution is 9.11. The van der Waals surface area contributed by atoms with Gasteiger partial charge in [-0.05, 0) is 31.9 Å². The van der Waals surface area contributed by atoms with Crippen LogP contribution in [0.3, 0.4) is 0 Å². The summed E-state index contributed by atoms with van der Waals surface area (Å²) in [5, 5.41) is 21.1. The SMILES string of the molecule is O=[N+]([O-])c1c(Br)c(Cl)c(Cl)c(Br)c1[N+](=O)[O-]. The standard InChI is InChI=1S/C6Br2Cl2N2O4/c7-1-3(9)4(10)2(8)6(12(15)16)5(1)11(13)14. The van der Waals surface area contributed by atoms with E-state index in [0.29, 0.717) is 0 Å². The van der Waals surface area contributed by atoms with E-state index in [2.05, 4.69) is 31.9 Å². The first-order chi connectivity index (χ1) is 7.29. The number of benzene rings is 1. The third kappa shape index (κ3) is 2.15. The van der Waals surface area contributed by atoms with Crippen molar-refractivity contribution in [3.05, 3.63) is 39.2 Å². The number of nitrogens with zero attached hydrogens (tertiary/aromatic N) is 2. The van der Waals surface area contributed by atoms with Gasteiger partial charge in [-0.2, -0.15) is 0 Å². The van der Waals surface area contributed by atoms with E-state index >= 15 is 0 Å². The topological polar surface area (TPSA) is 86.3 Å². The van der Waals surface area contributed by atoms with Crippen molar-refractivity contribution < 1.29 is 9.85 Å². The lowest BCUT2D eigenvalue weighted by atomic mass is 10.3. The van der Waals surface area contributed by atoms with Crippen LogP contribution in [0.2, 0.25) is 10.0 Å². The molecule has 0 N–H and O–H groups in total. The zero-order valence-electron chi connectivity index (χ0n) is 7.04. The van der Waals surface area contributed by atoms with Gasteiger partial charge < -0.3 is 0 Å². The fourth-order valence-corrected chi connectivity index (χ4v) is 2.60. The Kier molecular flexibility index (Phi) is 4.11. The third-order valence-electron chi connectivity index (χ3n) is 1.58. The second-order valence-corrected chi connectivity index (χ2v) is 4.81. The summed E-state index contributed by atoms with van der Waals surface area (Å²) in [5.41, 5.74) is -1.49. The number of hydrogen-bond donors (Lipinski definition) is 0. The summed E-state index contributed by atoms with van der Waals surface area (Å²) in [6, 6.07) is 0. The Balaban J connectivity index is 3.83. The summed E-state index contributed by atoms with van der Waals surface area (Å²) >= 11 is 16.9. The molecule has 0 radical (unpaired) electrons. The van der Waals surface area contributed by atoms with Crippen LogP contribution in [0.5, 0.6) is 0 Å². The third-order valence-corrected chi connectivity index (χ3v) is 4.44. The first kappa shape index (κ1) is 13.6. The summed E-state index contributed by atoms with van der Waals surface area (Å²) in [7, 11) is 0. The molecule has 86 valence electrons. The summed E-state index contributed by atoms with van der Waals surface area (Å²) in [6.45, 7) is 0. The van der Waals surface area contributed by atoms with Crippen molar-refractivity contribution in [2.75, 3.05) is 0 Å². The number of nitro benzene ring substituents is 2. The van der Waals surface area contributed by atoms with Crippen LogP contribution in [0.4, 0.5) is 11.4 Å². The fraction of sp³-hybridized carbons (Fsp3) is 0. The first-order valence-electron chi connectivity index (χ1n) is 3.43. The maximum Gasteiger partial charge on any atom is 0.362 e. The van der Waals surface area contributed by atoms with Gasteiger partial charge in [-0.3, -0.25) is 20.2 Å². The van der Waals surface area contributed by atoms with Crippen LogP contribution < -0.4 is 0 Å². The van der Waals surface area contributed by atoms with Crippen LogP contribution in [0, 0.1) is 20.2 Å². The molecule has 0 aliphatic carbocycles. The Morgan fingerprint density at radius 3 is 1.31 bits per heavy atom. The molecule has 0 heterocycles. The minimum Gasteiger partial charge on any atom is -0.258 e. The van der Waals surface area contributed by atoms with E-state index in [1.807, 2.05) is 0 Å². The molecule has 0 atom stereocenters. The van der Waals surface area contributed by atoms with Gasteiger partial charge >= 0.3 is 11.4 Å². The van der Waals surface area contributed by atoms with E-state index in [1.165, 1.54) is 0 Å². The van der Waals surface area contributed by atoms with Crippen molar-refractivity contribution >= 4 is 66.4 Å². The summed E-state index contributed by atoms with van der Waals surface area (Å²) in [4.78, 5) is 19.6. The lowest BCUT2D eigenvalue weighted by Crippen LogP contribution is -1.99. The van der Waals surface area contributed by atoms with Gasteiger partial charge in [0.05, 0.1) is 19.9 Å². The first-order valence-corrected chi connectivity index (χ1v) is 5.78. The van der Waals surface area contributed by atoms with E-state index < -0.39 is 21.2 Å². The van der Waals surface area contributed by atoms with Gasteiger partial charge in [0.25, 0.3) is 0 Å². The zero-order chi connectivity index (χ0) is 12.6. The quantitative estimate of drug-likeness (QED) is 0.323. The molecule has 0 amide bonds. The van der Waals surface area contributed by atoms with Crippen molar-refractivity contribution in [2.45, 2.75) is 0 Å². The second-order valence-electron chi connectivity index (χ2n) is 2.47. The molecule has 0 fully saturated rings. The molecule has 0 bridgehead atoms. The van der Waals surface area contributed by atoms with Crippen LogP contribution in [0.25, 0.3) is 0 Å². The predicted octanol–water partition coefficient (Wildman–Crippen LogP) is 4.33. The highest BCUT2D eigenvalue weighted by Gasteiger charge is 2.35. The Bertz CT molecular complexity index is 463. The molecule has 1 aromatic rings. The molecule has 10 heteroatoms. The molecule has 0 saturated carbocycles. The fourth-order valence-electron chi connectivity index (χ4n) is 0.942. The number of hydrogen-bond acceptors (Lipinski definition) is 4. The largest absolute Gasteiger partial charge is 0.362 e. The Labute approximate surface area is 115 Å². The van der Waals surface area contributed by atoms with E-state index in [0.717, 1.165) is 0 Å². The normalized spacial score (nSPS) is 10.2. The lowest BCUT2D eigenvalue weighted by molar-refractivity contribution is -0.423. The minimum absolute atomic E-state index is 0.161. The maximum atomic E-state index is 10.7. The van der Waals surface area contributed by atoms with E-state index in [1.54, 1.807) is 0 Å². The molecular formula is C6Br2Cl2N2O4. The van der Waals surface area contributed by atoms with Gasteiger partial charge in [0.1, 0.15) is 8.95 Å². The molecule has 0 aliphatic heterocycles. The summed E-state index contributed by atoms with van der Waals surface area (Å²) in [5.74, 6) is 0. The van der Waals surface area contributed by atoms with E-state index in [9.17, 15) is 20.2 Å². The van der Waals surface area contributed by atoms with Crippen molar-refractivity contribution in [3.63, 3.8) is 0 Å². The second kappa shape index (κ2) is 4.82. The predicted molar refractivity (Wildman–Crippen MR) is 65.2 cm³/mol. The van der Waals surface area contributed by atoms with E-state index in [-0.39, 0.29) is 19.0 Å². The molecule has 6 nitrogen and oxygen atoms in total. The van der Waals surface area contributed by atoms with Gasteiger partial charge in [-0.1, -0.05) is 23.2 Å². The van der Waals surface area contributed by atoms with Crippen molar-refractivity contribution in [1.29, 1.82) is 0 Å². The highest BCUT2D eigenvalue weighted by atomic mass is 79.9. The van der Waals surface area contributed by atoms with Gasteiger partial charge in [-0.15, -0.1) is 0 Å². The maximum absolute atomic E-state index is 10.7. The average molecular weight is 395 g/mol.